The Hall–Kier alpha value is -1.31. The van der Waals surface area contributed by atoms with Gasteiger partial charge in [0.25, 0.3) is 0 Å². The highest BCUT2D eigenvalue weighted by atomic mass is 16.1. The van der Waals surface area contributed by atoms with Gasteiger partial charge in [-0.15, -0.1) is 0 Å². The topological polar surface area (TPSA) is 29.1 Å². The summed E-state index contributed by atoms with van der Waals surface area (Å²) in [4.78, 5) is 11.2. The van der Waals surface area contributed by atoms with Crippen molar-refractivity contribution in [3.05, 3.63) is 34.4 Å². The van der Waals surface area contributed by atoms with Gasteiger partial charge in [0, 0.05) is 18.9 Å². The summed E-state index contributed by atoms with van der Waals surface area (Å²) in [6.45, 7) is 7.18. The fourth-order valence-electron chi connectivity index (χ4n) is 2.25. The van der Waals surface area contributed by atoms with E-state index < -0.39 is 0 Å². The number of benzene rings is 1. The fourth-order valence-corrected chi connectivity index (χ4v) is 2.25. The van der Waals surface area contributed by atoms with Gasteiger partial charge in [0.05, 0.1) is 0 Å². The van der Waals surface area contributed by atoms with Gasteiger partial charge in [-0.2, -0.15) is 0 Å². The third-order valence-electron chi connectivity index (χ3n) is 3.30. The van der Waals surface area contributed by atoms with Crippen molar-refractivity contribution in [1.82, 2.24) is 5.32 Å². The van der Waals surface area contributed by atoms with Gasteiger partial charge >= 0.3 is 0 Å². The lowest BCUT2D eigenvalue weighted by Gasteiger charge is -2.14. The molecule has 0 aromatic heterocycles. The molecule has 1 aromatic rings. The summed E-state index contributed by atoms with van der Waals surface area (Å²) in [7, 11) is 0. The Bertz CT molecular complexity index is 409. The van der Waals surface area contributed by atoms with Crippen LogP contribution in [-0.4, -0.2) is 12.5 Å². The first-order valence-corrected chi connectivity index (χ1v) is 5.42. The monoisotopic (exact) mass is 203 g/mol. The molecule has 1 fully saturated rings. The molecule has 0 bridgehead atoms. The average molecular weight is 203 g/mol. The number of carbonyl (C=O) groups excluding carboxylic acids is 1. The van der Waals surface area contributed by atoms with Crippen LogP contribution in [0.3, 0.4) is 0 Å². The van der Waals surface area contributed by atoms with Crippen LogP contribution in [0.25, 0.3) is 0 Å². The van der Waals surface area contributed by atoms with Crippen LogP contribution in [0.2, 0.25) is 0 Å². The van der Waals surface area contributed by atoms with Gasteiger partial charge in [0.15, 0.2) is 0 Å². The van der Waals surface area contributed by atoms with Crippen LogP contribution >= 0.6 is 0 Å². The van der Waals surface area contributed by atoms with E-state index in [0.29, 0.717) is 12.3 Å². The Kier molecular flexibility index (Phi) is 2.51. The second kappa shape index (κ2) is 3.69. The first kappa shape index (κ1) is 10.2. The van der Waals surface area contributed by atoms with Crippen LogP contribution in [-0.2, 0) is 4.79 Å². The van der Waals surface area contributed by atoms with Gasteiger partial charge in [-0.25, -0.2) is 0 Å². The van der Waals surface area contributed by atoms with E-state index in [-0.39, 0.29) is 5.91 Å². The summed E-state index contributed by atoms with van der Waals surface area (Å²) < 4.78 is 0. The van der Waals surface area contributed by atoms with Gasteiger partial charge in [0.2, 0.25) is 5.91 Å². The molecule has 1 aliphatic heterocycles. The van der Waals surface area contributed by atoms with Crippen LogP contribution in [0.5, 0.6) is 0 Å². The summed E-state index contributed by atoms with van der Waals surface area (Å²) in [5.41, 5.74) is 5.28. The van der Waals surface area contributed by atoms with E-state index in [4.69, 9.17) is 0 Å². The van der Waals surface area contributed by atoms with E-state index >= 15 is 0 Å². The van der Waals surface area contributed by atoms with E-state index in [2.05, 4.69) is 38.2 Å². The molecule has 0 radical (unpaired) electrons. The predicted octanol–water partition coefficient (Wildman–Crippen LogP) is 2.22. The summed E-state index contributed by atoms with van der Waals surface area (Å²) in [5, 5.41) is 2.89. The standard InChI is InChI=1S/C13H17NO/c1-8-4-10(3)12(5-9(8)2)11-6-13(15)14-7-11/h4-5,11H,6-7H2,1-3H3,(H,14,15). The van der Waals surface area contributed by atoms with Crippen molar-refractivity contribution in [3.8, 4) is 0 Å². The molecular formula is C13H17NO. The van der Waals surface area contributed by atoms with E-state index in [0.717, 1.165) is 6.54 Å². The molecule has 2 heteroatoms. The van der Waals surface area contributed by atoms with Crippen LogP contribution < -0.4 is 5.32 Å². The minimum absolute atomic E-state index is 0.178. The number of aryl methyl sites for hydroxylation is 3. The molecule has 0 saturated carbocycles. The minimum atomic E-state index is 0.178. The molecule has 1 heterocycles. The Morgan fingerprint density at radius 3 is 2.40 bits per heavy atom. The molecular weight excluding hydrogens is 186 g/mol. The van der Waals surface area contributed by atoms with Crippen molar-refractivity contribution in [2.45, 2.75) is 33.1 Å². The molecule has 1 unspecified atom stereocenters. The summed E-state index contributed by atoms with van der Waals surface area (Å²) >= 11 is 0. The maximum absolute atomic E-state index is 11.2. The van der Waals surface area contributed by atoms with E-state index in [1.54, 1.807) is 0 Å². The number of nitrogens with one attached hydrogen (secondary N) is 1. The van der Waals surface area contributed by atoms with Gasteiger partial charge in [-0.3, -0.25) is 4.79 Å². The number of hydrogen-bond acceptors (Lipinski definition) is 1. The highest BCUT2D eigenvalue weighted by Crippen LogP contribution is 2.27. The van der Waals surface area contributed by atoms with Crippen molar-refractivity contribution in [2.24, 2.45) is 0 Å². The smallest absolute Gasteiger partial charge is 0.220 e. The predicted molar refractivity (Wildman–Crippen MR) is 61.0 cm³/mol. The minimum Gasteiger partial charge on any atom is -0.355 e. The third-order valence-corrected chi connectivity index (χ3v) is 3.30. The average Bonchev–Trinajstić information content (AvgIpc) is 2.58. The highest BCUT2D eigenvalue weighted by molar-refractivity contribution is 5.79. The maximum Gasteiger partial charge on any atom is 0.220 e. The number of carbonyl (C=O) groups is 1. The zero-order valence-corrected chi connectivity index (χ0v) is 9.55. The molecule has 1 amide bonds. The van der Waals surface area contributed by atoms with E-state index in [9.17, 15) is 4.79 Å². The number of amides is 1. The van der Waals surface area contributed by atoms with Crippen LogP contribution in [0.4, 0.5) is 0 Å². The largest absolute Gasteiger partial charge is 0.355 e. The molecule has 1 aromatic carbocycles. The van der Waals surface area contributed by atoms with Gasteiger partial charge < -0.3 is 5.32 Å². The normalized spacial score (nSPS) is 20.5. The Labute approximate surface area is 90.7 Å². The molecule has 1 atom stereocenters. The molecule has 15 heavy (non-hydrogen) atoms. The SMILES string of the molecule is Cc1cc(C)c(C2CNC(=O)C2)cc1C. The quantitative estimate of drug-likeness (QED) is 0.745. The molecule has 0 spiro atoms. The Balaban J connectivity index is 2.36. The first-order valence-electron chi connectivity index (χ1n) is 5.42. The first-order chi connectivity index (χ1) is 7.08. The van der Waals surface area contributed by atoms with Gasteiger partial charge in [0.1, 0.15) is 0 Å². The lowest BCUT2D eigenvalue weighted by molar-refractivity contribution is -0.119. The fraction of sp³-hybridized carbons (Fsp3) is 0.462. The number of rotatable bonds is 1. The van der Waals surface area contributed by atoms with Gasteiger partial charge in [-0.05, 0) is 43.0 Å². The van der Waals surface area contributed by atoms with Crippen molar-refractivity contribution in [1.29, 1.82) is 0 Å². The highest BCUT2D eigenvalue weighted by Gasteiger charge is 2.24. The van der Waals surface area contributed by atoms with Crippen molar-refractivity contribution >= 4 is 5.91 Å². The molecule has 2 rings (SSSR count). The van der Waals surface area contributed by atoms with Crippen molar-refractivity contribution in [3.63, 3.8) is 0 Å². The van der Waals surface area contributed by atoms with Crippen LogP contribution in [0.15, 0.2) is 12.1 Å². The van der Waals surface area contributed by atoms with Crippen molar-refractivity contribution < 1.29 is 4.79 Å². The molecule has 80 valence electrons. The lowest BCUT2D eigenvalue weighted by atomic mass is 9.91. The molecule has 1 N–H and O–H groups in total. The van der Waals surface area contributed by atoms with Crippen LogP contribution in [0, 0.1) is 20.8 Å². The lowest BCUT2D eigenvalue weighted by Crippen LogP contribution is -2.13. The number of hydrogen-bond donors (Lipinski definition) is 1. The van der Waals surface area contributed by atoms with Crippen LogP contribution in [0.1, 0.15) is 34.6 Å². The van der Waals surface area contributed by atoms with E-state index in [1.165, 1.54) is 22.3 Å². The Morgan fingerprint density at radius 2 is 1.80 bits per heavy atom. The summed E-state index contributed by atoms with van der Waals surface area (Å²) in [6.07, 6.45) is 0.642. The second-order valence-corrected chi connectivity index (χ2v) is 4.50. The third kappa shape index (κ3) is 1.89. The second-order valence-electron chi connectivity index (χ2n) is 4.50. The molecule has 1 saturated heterocycles. The summed E-state index contributed by atoms with van der Waals surface area (Å²) in [5.74, 6) is 0.550. The Morgan fingerprint density at radius 1 is 1.13 bits per heavy atom. The zero-order valence-electron chi connectivity index (χ0n) is 9.55. The maximum atomic E-state index is 11.2. The molecule has 2 nitrogen and oxygen atoms in total. The van der Waals surface area contributed by atoms with Crippen molar-refractivity contribution in [2.75, 3.05) is 6.54 Å². The molecule has 0 aliphatic carbocycles. The van der Waals surface area contributed by atoms with Gasteiger partial charge in [-0.1, -0.05) is 12.1 Å². The molecule has 1 aliphatic rings. The van der Waals surface area contributed by atoms with E-state index in [1.807, 2.05) is 0 Å². The summed E-state index contributed by atoms with van der Waals surface area (Å²) in [6, 6.07) is 4.45. The zero-order chi connectivity index (χ0) is 11.0.